The van der Waals surface area contributed by atoms with Gasteiger partial charge in [-0.25, -0.2) is 5.48 Å². The first-order valence-electron chi connectivity index (χ1n) is 10.8. The number of anilines is 1. The van der Waals surface area contributed by atoms with Crippen molar-refractivity contribution < 1.29 is 19.9 Å². The number of piperazine rings is 1. The molecule has 0 radical (unpaired) electrons. The number of amides is 2. The van der Waals surface area contributed by atoms with Gasteiger partial charge in [0.1, 0.15) is 0 Å². The summed E-state index contributed by atoms with van der Waals surface area (Å²) < 4.78 is 0. The number of rotatable bonds is 4. The van der Waals surface area contributed by atoms with Gasteiger partial charge in [0, 0.05) is 31.9 Å². The van der Waals surface area contributed by atoms with Crippen molar-refractivity contribution in [1.29, 1.82) is 0 Å². The van der Waals surface area contributed by atoms with Gasteiger partial charge in [0.15, 0.2) is 0 Å². The molecule has 1 aliphatic carbocycles. The zero-order valence-corrected chi connectivity index (χ0v) is 17.5. The zero-order valence-electron chi connectivity index (χ0n) is 17.5. The predicted octanol–water partition coefficient (Wildman–Crippen LogP) is 2.14. The Bertz CT molecular complexity index is 900. The molecule has 7 heteroatoms. The van der Waals surface area contributed by atoms with Gasteiger partial charge in [0.2, 0.25) is 11.8 Å². The van der Waals surface area contributed by atoms with Crippen LogP contribution in [0.2, 0.25) is 0 Å². The lowest BCUT2D eigenvalue weighted by Crippen LogP contribution is -2.54. The SMILES string of the molecule is O=C(NO)C1CC(O)(c2ccccc2)CCC1C(=O)N1CCN(c2ccccc2)CC1. The second-order valence-electron chi connectivity index (χ2n) is 8.48. The van der Waals surface area contributed by atoms with Crippen LogP contribution in [-0.4, -0.2) is 53.2 Å². The Morgan fingerprint density at radius 3 is 2.13 bits per heavy atom. The molecule has 7 nitrogen and oxygen atoms in total. The van der Waals surface area contributed by atoms with Gasteiger partial charge in [-0.2, -0.15) is 0 Å². The molecular formula is C24H29N3O4. The first kappa shape index (κ1) is 21.3. The number of para-hydroxylation sites is 1. The molecule has 4 rings (SSSR count). The normalized spacial score (nSPS) is 26.4. The molecule has 2 aromatic carbocycles. The highest BCUT2D eigenvalue weighted by atomic mass is 16.5. The van der Waals surface area contributed by atoms with Crippen molar-refractivity contribution in [2.24, 2.45) is 11.8 Å². The third-order valence-electron chi connectivity index (χ3n) is 6.70. The molecular weight excluding hydrogens is 394 g/mol. The number of aliphatic hydroxyl groups is 1. The number of carbonyl (C=O) groups excluding carboxylic acids is 2. The van der Waals surface area contributed by atoms with E-state index >= 15 is 0 Å². The van der Waals surface area contributed by atoms with E-state index in [2.05, 4.69) is 17.0 Å². The summed E-state index contributed by atoms with van der Waals surface area (Å²) in [5.74, 6) is -2.03. The lowest BCUT2D eigenvalue weighted by molar-refractivity contribution is -0.153. The molecule has 2 aliphatic rings. The first-order valence-corrected chi connectivity index (χ1v) is 10.8. The van der Waals surface area contributed by atoms with Crippen LogP contribution in [0.1, 0.15) is 24.8 Å². The van der Waals surface area contributed by atoms with Crippen LogP contribution in [0.5, 0.6) is 0 Å². The second-order valence-corrected chi connectivity index (χ2v) is 8.48. The van der Waals surface area contributed by atoms with E-state index in [1.165, 1.54) is 0 Å². The number of benzene rings is 2. The Morgan fingerprint density at radius 1 is 0.903 bits per heavy atom. The summed E-state index contributed by atoms with van der Waals surface area (Å²) in [6.07, 6.45) is 0.887. The zero-order chi connectivity index (χ0) is 21.8. The summed E-state index contributed by atoms with van der Waals surface area (Å²) >= 11 is 0. The summed E-state index contributed by atoms with van der Waals surface area (Å²) in [6, 6.07) is 19.3. The van der Waals surface area contributed by atoms with Gasteiger partial charge in [-0.15, -0.1) is 0 Å². The van der Waals surface area contributed by atoms with Crippen LogP contribution in [0.4, 0.5) is 5.69 Å². The maximum atomic E-state index is 13.3. The smallest absolute Gasteiger partial charge is 0.247 e. The van der Waals surface area contributed by atoms with E-state index in [1.54, 1.807) is 5.48 Å². The fourth-order valence-electron chi connectivity index (χ4n) is 4.93. The molecule has 3 N–H and O–H groups in total. The highest BCUT2D eigenvalue weighted by molar-refractivity contribution is 5.87. The molecule has 3 unspecified atom stereocenters. The predicted molar refractivity (Wildman–Crippen MR) is 116 cm³/mol. The number of hydrogen-bond acceptors (Lipinski definition) is 5. The van der Waals surface area contributed by atoms with Crippen molar-refractivity contribution >= 4 is 17.5 Å². The highest BCUT2D eigenvalue weighted by Gasteiger charge is 2.47. The Balaban J connectivity index is 1.45. The van der Waals surface area contributed by atoms with Crippen LogP contribution < -0.4 is 10.4 Å². The number of carbonyl (C=O) groups is 2. The molecule has 2 fully saturated rings. The van der Waals surface area contributed by atoms with Crippen molar-refractivity contribution in [3.63, 3.8) is 0 Å². The molecule has 0 aromatic heterocycles. The minimum Gasteiger partial charge on any atom is -0.385 e. The lowest BCUT2D eigenvalue weighted by atomic mass is 9.68. The molecule has 0 spiro atoms. The number of nitrogens with zero attached hydrogens (tertiary/aromatic N) is 2. The van der Waals surface area contributed by atoms with Crippen molar-refractivity contribution in [2.75, 3.05) is 31.1 Å². The maximum absolute atomic E-state index is 13.3. The van der Waals surface area contributed by atoms with Crippen molar-refractivity contribution in [1.82, 2.24) is 10.4 Å². The Morgan fingerprint density at radius 2 is 1.52 bits per heavy atom. The van der Waals surface area contributed by atoms with E-state index in [-0.39, 0.29) is 12.3 Å². The van der Waals surface area contributed by atoms with E-state index in [0.717, 1.165) is 24.3 Å². The van der Waals surface area contributed by atoms with Crippen LogP contribution in [0, 0.1) is 11.8 Å². The van der Waals surface area contributed by atoms with Crippen molar-refractivity contribution in [2.45, 2.75) is 24.9 Å². The van der Waals surface area contributed by atoms with E-state index in [0.29, 0.717) is 25.9 Å². The van der Waals surface area contributed by atoms with Gasteiger partial charge < -0.3 is 14.9 Å². The third-order valence-corrected chi connectivity index (χ3v) is 6.70. The topological polar surface area (TPSA) is 93.1 Å². The lowest BCUT2D eigenvalue weighted by Gasteiger charge is -2.43. The fourth-order valence-corrected chi connectivity index (χ4v) is 4.93. The van der Waals surface area contributed by atoms with E-state index in [9.17, 15) is 19.9 Å². The Kier molecular flexibility index (Phi) is 6.25. The third kappa shape index (κ3) is 4.43. The van der Waals surface area contributed by atoms with Crippen molar-refractivity contribution in [3.05, 3.63) is 66.2 Å². The largest absolute Gasteiger partial charge is 0.385 e. The quantitative estimate of drug-likeness (QED) is 0.518. The van der Waals surface area contributed by atoms with Crippen molar-refractivity contribution in [3.8, 4) is 0 Å². The molecule has 1 saturated carbocycles. The van der Waals surface area contributed by atoms with Gasteiger partial charge in [-0.1, -0.05) is 48.5 Å². The average Bonchev–Trinajstić information content (AvgIpc) is 2.84. The summed E-state index contributed by atoms with van der Waals surface area (Å²) in [4.78, 5) is 29.9. The second kappa shape index (κ2) is 9.08. The first-order chi connectivity index (χ1) is 15.0. The highest BCUT2D eigenvalue weighted by Crippen LogP contribution is 2.43. The van der Waals surface area contributed by atoms with Crippen LogP contribution in [0.3, 0.4) is 0 Å². The molecule has 1 saturated heterocycles. The van der Waals surface area contributed by atoms with Gasteiger partial charge in [-0.3, -0.25) is 14.8 Å². The summed E-state index contributed by atoms with van der Waals surface area (Å²) in [5, 5.41) is 20.5. The summed E-state index contributed by atoms with van der Waals surface area (Å²) in [5.41, 5.74) is 2.38. The van der Waals surface area contributed by atoms with Crippen LogP contribution in [-0.2, 0) is 15.2 Å². The summed E-state index contributed by atoms with van der Waals surface area (Å²) in [7, 11) is 0. The summed E-state index contributed by atoms with van der Waals surface area (Å²) in [6.45, 7) is 2.63. The Labute approximate surface area is 182 Å². The molecule has 2 aromatic rings. The molecule has 1 heterocycles. The Hall–Kier alpha value is -2.90. The average molecular weight is 424 g/mol. The van der Waals surface area contributed by atoms with E-state index in [1.807, 2.05) is 53.4 Å². The van der Waals surface area contributed by atoms with Crippen LogP contribution in [0.25, 0.3) is 0 Å². The van der Waals surface area contributed by atoms with Gasteiger partial charge in [0.25, 0.3) is 0 Å². The van der Waals surface area contributed by atoms with Gasteiger partial charge in [-0.05, 0) is 37.0 Å². The van der Waals surface area contributed by atoms with Crippen LogP contribution in [0.15, 0.2) is 60.7 Å². The molecule has 1 aliphatic heterocycles. The maximum Gasteiger partial charge on any atom is 0.247 e. The van der Waals surface area contributed by atoms with E-state index in [4.69, 9.17) is 0 Å². The molecule has 164 valence electrons. The minimum atomic E-state index is -1.19. The van der Waals surface area contributed by atoms with Crippen LogP contribution >= 0.6 is 0 Å². The fraction of sp³-hybridized carbons (Fsp3) is 0.417. The molecule has 3 atom stereocenters. The standard InChI is InChI=1S/C24H29N3O4/c28-22(25-31)21-17-24(30,18-7-3-1-4-8-18)12-11-20(21)23(29)27-15-13-26(14-16-27)19-9-5-2-6-10-19/h1-10,20-21,30-31H,11-17H2,(H,25,28). The van der Waals surface area contributed by atoms with Gasteiger partial charge >= 0.3 is 0 Å². The number of hydroxylamine groups is 1. The molecule has 0 bridgehead atoms. The molecule has 31 heavy (non-hydrogen) atoms. The minimum absolute atomic E-state index is 0.0728. The monoisotopic (exact) mass is 423 g/mol. The molecule has 2 amide bonds. The number of hydrogen-bond donors (Lipinski definition) is 3. The van der Waals surface area contributed by atoms with Gasteiger partial charge in [0.05, 0.1) is 17.4 Å². The van der Waals surface area contributed by atoms with E-state index < -0.39 is 23.3 Å². The number of nitrogens with one attached hydrogen (secondary N) is 1.